The van der Waals surface area contributed by atoms with Crippen molar-refractivity contribution in [2.24, 2.45) is 5.41 Å². The Balaban J connectivity index is 3.07. The van der Waals surface area contributed by atoms with Gasteiger partial charge in [0.25, 0.3) is 5.91 Å². The molecule has 1 rings (SSSR count). The number of carbonyl (C=O) groups is 2. The van der Waals surface area contributed by atoms with E-state index in [4.69, 9.17) is 16.7 Å². The lowest BCUT2D eigenvalue weighted by Gasteiger charge is -2.27. The van der Waals surface area contributed by atoms with Crippen molar-refractivity contribution in [1.29, 1.82) is 0 Å². The molecule has 0 aliphatic carbocycles. The van der Waals surface area contributed by atoms with Crippen LogP contribution in [0.1, 0.15) is 31.1 Å². The zero-order chi connectivity index (χ0) is 15.7. The number of carboxylic acids is 1. The number of rotatable bonds is 3. The molecule has 0 radical (unpaired) electrons. The van der Waals surface area contributed by atoms with Gasteiger partial charge in [0, 0.05) is 0 Å². The first kappa shape index (κ1) is 16.4. The zero-order valence-electron chi connectivity index (χ0n) is 11.1. The Labute approximate surface area is 119 Å². The minimum Gasteiger partial charge on any atom is -0.480 e. The predicted octanol–water partition coefficient (Wildman–Crippen LogP) is 2.85. The summed E-state index contributed by atoms with van der Waals surface area (Å²) in [6.45, 7) is 4.87. The first-order valence-corrected chi connectivity index (χ1v) is 6.10. The Morgan fingerprint density at radius 1 is 1.25 bits per heavy atom. The second kappa shape index (κ2) is 5.75. The summed E-state index contributed by atoms with van der Waals surface area (Å²) in [7, 11) is 0. The van der Waals surface area contributed by atoms with Gasteiger partial charge in [-0.25, -0.2) is 13.6 Å². The average molecular weight is 306 g/mol. The molecule has 0 saturated carbocycles. The second-order valence-electron chi connectivity index (χ2n) is 5.36. The van der Waals surface area contributed by atoms with E-state index in [1.54, 1.807) is 20.8 Å². The molecule has 1 aromatic rings. The maximum atomic E-state index is 13.1. The molecule has 2 N–H and O–H groups in total. The molecule has 0 fully saturated rings. The van der Waals surface area contributed by atoms with E-state index in [0.717, 1.165) is 0 Å². The van der Waals surface area contributed by atoms with Crippen molar-refractivity contribution in [2.45, 2.75) is 26.8 Å². The fourth-order valence-electron chi connectivity index (χ4n) is 1.55. The monoisotopic (exact) mass is 305 g/mol. The molecule has 0 saturated heterocycles. The third kappa shape index (κ3) is 3.66. The second-order valence-corrected chi connectivity index (χ2v) is 5.76. The van der Waals surface area contributed by atoms with Gasteiger partial charge < -0.3 is 10.4 Å². The summed E-state index contributed by atoms with van der Waals surface area (Å²) in [4.78, 5) is 23.1. The smallest absolute Gasteiger partial charge is 0.326 e. The molecule has 4 nitrogen and oxygen atoms in total. The average Bonchev–Trinajstić information content (AvgIpc) is 2.28. The fourth-order valence-corrected chi connectivity index (χ4v) is 1.79. The van der Waals surface area contributed by atoms with Crippen LogP contribution in [0.2, 0.25) is 5.02 Å². The molecule has 1 atom stereocenters. The van der Waals surface area contributed by atoms with Crippen LogP contribution in [0.25, 0.3) is 0 Å². The van der Waals surface area contributed by atoms with Gasteiger partial charge in [-0.1, -0.05) is 32.4 Å². The lowest BCUT2D eigenvalue weighted by molar-refractivity contribution is -0.142. The third-order valence-corrected chi connectivity index (χ3v) is 2.96. The molecule has 110 valence electrons. The van der Waals surface area contributed by atoms with Crippen molar-refractivity contribution < 1.29 is 23.5 Å². The number of halogens is 3. The van der Waals surface area contributed by atoms with Crippen molar-refractivity contribution >= 4 is 23.5 Å². The van der Waals surface area contributed by atoms with Crippen LogP contribution >= 0.6 is 11.6 Å². The minimum atomic E-state index is -1.23. The number of hydrogen-bond acceptors (Lipinski definition) is 2. The van der Waals surface area contributed by atoms with Crippen molar-refractivity contribution in [3.8, 4) is 0 Å². The summed E-state index contributed by atoms with van der Waals surface area (Å²) in [5.41, 5.74) is -1.08. The quantitative estimate of drug-likeness (QED) is 0.844. The molecule has 20 heavy (non-hydrogen) atoms. The van der Waals surface area contributed by atoms with E-state index in [1.165, 1.54) is 0 Å². The van der Waals surface area contributed by atoms with Gasteiger partial charge in [0.05, 0.1) is 10.6 Å². The standard InChI is InChI=1S/C13H14ClF2NO3/c1-13(2,3)10(12(19)20)17-11(18)6-4-8(15)9(16)5-7(6)14/h4-5,10H,1-3H3,(H,17,18)(H,19,20)/t10-/m0/s1. The third-order valence-electron chi connectivity index (χ3n) is 2.64. The van der Waals surface area contributed by atoms with Gasteiger partial charge in [-0.3, -0.25) is 4.79 Å². The number of amides is 1. The molecular weight excluding hydrogens is 292 g/mol. The van der Waals surface area contributed by atoms with E-state index in [9.17, 15) is 18.4 Å². The van der Waals surface area contributed by atoms with E-state index in [1.807, 2.05) is 0 Å². The maximum Gasteiger partial charge on any atom is 0.326 e. The molecule has 0 aromatic heterocycles. The first-order valence-electron chi connectivity index (χ1n) is 5.72. The van der Waals surface area contributed by atoms with E-state index < -0.39 is 35.0 Å². The van der Waals surface area contributed by atoms with Crippen LogP contribution < -0.4 is 5.32 Å². The Kier molecular flexibility index (Phi) is 4.70. The summed E-state index contributed by atoms with van der Waals surface area (Å²) >= 11 is 5.66. The Morgan fingerprint density at radius 3 is 2.20 bits per heavy atom. The molecular formula is C13H14ClF2NO3. The number of nitrogens with one attached hydrogen (secondary N) is 1. The van der Waals surface area contributed by atoms with E-state index in [2.05, 4.69) is 5.32 Å². The number of aliphatic carboxylic acids is 1. The van der Waals surface area contributed by atoms with Crippen LogP contribution in [0.15, 0.2) is 12.1 Å². The number of hydrogen-bond donors (Lipinski definition) is 2. The van der Waals surface area contributed by atoms with Gasteiger partial charge in [0.15, 0.2) is 11.6 Å². The van der Waals surface area contributed by atoms with E-state index in [-0.39, 0.29) is 10.6 Å². The van der Waals surface area contributed by atoms with Crippen LogP contribution in [0.5, 0.6) is 0 Å². The number of carboxylic acid groups (broad SMARTS) is 1. The van der Waals surface area contributed by atoms with Crippen LogP contribution in [0, 0.1) is 17.0 Å². The first-order chi connectivity index (χ1) is 9.04. The van der Waals surface area contributed by atoms with Crippen LogP contribution in [0.4, 0.5) is 8.78 Å². The van der Waals surface area contributed by atoms with E-state index >= 15 is 0 Å². The van der Waals surface area contributed by atoms with Gasteiger partial charge in [-0.05, 0) is 17.5 Å². The van der Waals surface area contributed by atoms with Gasteiger partial charge >= 0.3 is 5.97 Å². The van der Waals surface area contributed by atoms with Crippen molar-refractivity contribution in [2.75, 3.05) is 0 Å². The zero-order valence-corrected chi connectivity index (χ0v) is 11.9. The van der Waals surface area contributed by atoms with Gasteiger partial charge in [0.2, 0.25) is 0 Å². The van der Waals surface area contributed by atoms with Crippen molar-refractivity contribution in [1.82, 2.24) is 5.32 Å². The topological polar surface area (TPSA) is 66.4 Å². The highest BCUT2D eigenvalue weighted by Crippen LogP contribution is 2.23. The summed E-state index contributed by atoms with van der Waals surface area (Å²) in [6.07, 6.45) is 0. The summed E-state index contributed by atoms with van der Waals surface area (Å²) in [6, 6.07) is 0.104. The van der Waals surface area contributed by atoms with Gasteiger partial charge in [-0.2, -0.15) is 0 Å². The molecule has 7 heteroatoms. The van der Waals surface area contributed by atoms with Crippen LogP contribution in [-0.4, -0.2) is 23.0 Å². The van der Waals surface area contributed by atoms with Crippen molar-refractivity contribution in [3.63, 3.8) is 0 Å². The number of benzene rings is 1. The molecule has 0 unspecified atom stereocenters. The van der Waals surface area contributed by atoms with Gasteiger partial charge in [0.1, 0.15) is 6.04 Å². The normalized spacial score (nSPS) is 12.9. The Bertz CT molecular complexity index is 555. The minimum absolute atomic E-state index is 0.292. The largest absolute Gasteiger partial charge is 0.480 e. The molecule has 1 amide bonds. The molecule has 0 bridgehead atoms. The molecule has 1 aromatic carbocycles. The molecule has 0 heterocycles. The van der Waals surface area contributed by atoms with Crippen molar-refractivity contribution in [3.05, 3.63) is 34.4 Å². The van der Waals surface area contributed by atoms with E-state index in [0.29, 0.717) is 12.1 Å². The van der Waals surface area contributed by atoms with Gasteiger partial charge in [-0.15, -0.1) is 0 Å². The molecule has 0 spiro atoms. The predicted molar refractivity (Wildman–Crippen MR) is 69.7 cm³/mol. The Hall–Kier alpha value is -1.69. The SMILES string of the molecule is CC(C)(C)[C@@H](NC(=O)c1cc(F)c(F)cc1Cl)C(=O)O. The highest BCUT2D eigenvalue weighted by atomic mass is 35.5. The summed E-state index contributed by atoms with van der Waals surface area (Å²) in [5, 5.41) is 11.0. The molecule has 0 aliphatic rings. The lowest BCUT2D eigenvalue weighted by atomic mass is 9.86. The highest BCUT2D eigenvalue weighted by molar-refractivity contribution is 6.33. The number of carbonyl (C=O) groups excluding carboxylic acids is 1. The van der Waals surface area contributed by atoms with Crippen LogP contribution in [0.3, 0.4) is 0 Å². The molecule has 0 aliphatic heterocycles. The Morgan fingerprint density at radius 2 is 1.75 bits per heavy atom. The maximum absolute atomic E-state index is 13.1. The summed E-state index contributed by atoms with van der Waals surface area (Å²) in [5.74, 6) is -4.53. The fraction of sp³-hybridized carbons (Fsp3) is 0.385. The summed E-state index contributed by atoms with van der Waals surface area (Å²) < 4.78 is 26.0. The lowest BCUT2D eigenvalue weighted by Crippen LogP contribution is -2.49. The van der Waals surface area contributed by atoms with Crippen LogP contribution in [-0.2, 0) is 4.79 Å². The highest BCUT2D eigenvalue weighted by Gasteiger charge is 2.33.